The lowest BCUT2D eigenvalue weighted by Crippen LogP contribution is -2.52. The molecule has 4 rings (SSSR count). The second-order valence-electron chi connectivity index (χ2n) is 10.4. The number of hydrogen-bond donors (Lipinski definition) is 2. The van der Waals surface area contributed by atoms with Crippen LogP contribution in [0.2, 0.25) is 0 Å². The standard InChI is InChI=1S/C28H36N4O6/c1-28(2,3)38-27(35)30-24(20-10-6-4-7-11-20)25(33)36-19-23-22(29-26(34)37-23)18-31-14-16-32(17-15-31)21-12-8-5-9-13-21/h4-13,22-24H,14-19H2,1-3H3,(H,29,34)(H,30,35)/t22-,23-,24-/m1/s1. The average Bonchev–Trinajstić information content (AvgIpc) is 3.25. The highest BCUT2D eigenvalue weighted by Gasteiger charge is 2.37. The number of hydrogen-bond acceptors (Lipinski definition) is 8. The number of carbonyl (C=O) groups is 3. The number of cyclic esters (lactones) is 1. The monoisotopic (exact) mass is 524 g/mol. The first-order valence-corrected chi connectivity index (χ1v) is 12.9. The van der Waals surface area contributed by atoms with E-state index in [-0.39, 0.29) is 12.6 Å². The molecule has 0 spiro atoms. The van der Waals surface area contributed by atoms with Crippen LogP contribution in [0, 0.1) is 0 Å². The Morgan fingerprint density at radius 1 is 1.03 bits per heavy atom. The van der Waals surface area contributed by atoms with Gasteiger partial charge in [0.05, 0.1) is 6.04 Å². The van der Waals surface area contributed by atoms with Crippen LogP contribution in [0.1, 0.15) is 32.4 Å². The van der Waals surface area contributed by atoms with E-state index in [9.17, 15) is 14.4 Å². The fourth-order valence-corrected chi connectivity index (χ4v) is 4.51. The molecule has 0 saturated carbocycles. The van der Waals surface area contributed by atoms with E-state index in [2.05, 4.69) is 32.6 Å². The third kappa shape index (κ3) is 7.61. The number of anilines is 1. The van der Waals surface area contributed by atoms with Crippen LogP contribution in [-0.4, -0.2) is 80.1 Å². The number of esters is 1. The van der Waals surface area contributed by atoms with Gasteiger partial charge in [-0.2, -0.15) is 0 Å². The van der Waals surface area contributed by atoms with Gasteiger partial charge in [0.2, 0.25) is 0 Å². The molecule has 2 aromatic rings. The van der Waals surface area contributed by atoms with Gasteiger partial charge < -0.3 is 29.7 Å². The van der Waals surface area contributed by atoms with Crippen molar-refractivity contribution in [3.05, 3.63) is 66.2 Å². The first-order chi connectivity index (χ1) is 18.2. The second-order valence-corrected chi connectivity index (χ2v) is 10.4. The number of para-hydroxylation sites is 1. The number of amides is 2. The number of piperazine rings is 1. The minimum Gasteiger partial charge on any atom is -0.460 e. The van der Waals surface area contributed by atoms with Crippen LogP contribution in [0.15, 0.2) is 60.7 Å². The highest BCUT2D eigenvalue weighted by atomic mass is 16.6. The van der Waals surface area contributed by atoms with Gasteiger partial charge in [-0.25, -0.2) is 14.4 Å². The van der Waals surface area contributed by atoms with Crippen LogP contribution in [0.3, 0.4) is 0 Å². The van der Waals surface area contributed by atoms with Crippen molar-refractivity contribution in [2.45, 2.75) is 44.6 Å². The van der Waals surface area contributed by atoms with Crippen LogP contribution in [0.5, 0.6) is 0 Å². The molecule has 38 heavy (non-hydrogen) atoms. The van der Waals surface area contributed by atoms with E-state index in [0.29, 0.717) is 12.1 Å². The zero-order valence-corrected chi connectivity index (χ0v) is 22.1. The summed E-state index contributed by atoms with van der Waals surface area (Å²) in [7, 11) is 0. The van der Waals surface area contributed by atoms with E-state index in [4.69, 9.17) is 14.2 Å². The van der Waals surface area contributed by atoms with E-state index < -0.39 is 35.9 Å². The maximum Gasteiger partial charge on any atom is 0.408 e. The molecule has 2 aromatic carbocycles. The number of carbonyl (C=O) groups excluding carboxylic acids is 3. The van der Waals surface area contributed by atoms with E-state index in [1.807, 2.05) is 24.3 Å². The summed E-state index contributed by atoms with van der Waals surface area (Å²) < 4.78 is 16.3. The van der Waals surface area contributed by atoms with Gasteiger partial charge in [0, 0.05) is 38.4 Å². The zero-order valence-electron chi connectivity index (χ0n) is 22.1. The van der Waals surface area contributed by atoms with Crippen molar-refractivity contribution in [3.63, 3.8) is 0 Å². The van der Waals surface area contributed by atoms with Crippen molar-refractivity contribution >= 4 is 23.8 Å². The van der Waals surface area contributed by atoms with Gasteiger partial charge in [-0.3, -0.25) is 4.90 Å². The summed E-state index contributed by atoms with van der Waals surface area (Å²) in [4.78, 5) is 42.1. The summed E-state index contributed by atoms with van der Waals surface area (Å²) in [6, 6.07) is 17.7. The van der Waals surface area contributed by atoms with E-state index in [1.165, 1.54) is 5.69 Å². The normalized spacial score (nSPS) is 20.7. The van der Waals surface area contributed by atoms with Gasteiger partial charge in [-0.15, -0.1) is 0 Å². The van der Waals surface area contributed by atoms with Crippen molar-refractivity contribution in [1.82, 2.24) is 15.5 Å². The Bertz CT molecular complexity index is 1080. The lowest BCUT2D eigenvalue weighted by atomic mass is 10.1. The number of benzene rings is 2. The third-order valence-corrected chi connectivity index (χ3v) is 6.38. The molecule has 204 valence electrons. The summed E-state index contributed by atoms with van der Waals surface area (Å²) in [6.45, 7) is 9.09. The summed E-state index contributed by atoms with van der Waals surface area (Å²) in [6.07, 6.45) is -1.91. The maximum atomic E-state index is 13.1. The Balaban J connectivity index is 1.32. The minimum atomic E-state index is -1.07. The molecule has 0 radical (unpaired) electrons. The predicted molar refractivity (Wildman–Crippen MR) is 142 cm³/mol. The molecule has 0 aliphatic carbocycles. The van der Waals surface area contributed by atoms with E-state index in [1.54, 1.807) is 45.0 Å². The van der Waals surface area contributed by atoms with Gasteiger partial charge in [-0.1, -0.05) is 48.5 Å². The van der Waals surface area contributed by atoms with E-state index in [0.717, 1.165) is 26.2 Å². The molecular weight excluding hydrogens is 488 g/mol. The Morgan fingerprint density at radius 3 is 2.29 bits per heavy atom. The predicted octanol–water partition coefficient (Wildman–Crippen LogP) is 3.09. The largest absolute Gasteiger partial charge is 0.460 e. The average molecular weight is 525 g/mol. The summed E-state index contributed by atoms with van der Waals surface area (Å²) >= 11 is 0. The third-order valence-electron chi connectivity index (χ3n) is 6.38. The highest BCUT2D eigenvalue weighted by Crippen LogP contribution is 2.20. The van der Waals surface area contributed by atoms with Crippen molar-refractivity contribution in [2.75, 3.05) is 44.2 Å². The van der Waals surface area contributed by atoms with Crippen molar-refractivity contribution in [1.29, 1.82) is 0 Å². The SMILES string of the molecule is CC(C)(C)OC(=O)N[C@@H](C(=O)OC[C@H]1OC(=O)N[C@@H]1CN1CCN(c2ccccc2)CC1)c1ccccc1. The van der Waals surface area contributed by atoms with Crippen molar-refractivity contribution in [2.24, 2.45) is 0 Å². The molecule has 2 saturated heterocycles. The first kappa shape index (κ1) is 27.3. The molecule has 2 heterocycles. The number of rotatable bonds is 8. The zero-order chi connectivity index (χ0) is 27.1. The Morgan fingerprint density at radius 2 is 1.66 bits per heavy atom. The molecule has 0 aromatic heterocycles. The molecule has 10 heteroatoms. The molecule has 2 N–H and O–H groups in total. The Hall–Kier alpha value is -3.79. The molecule has 3 atom stereocenters. The van der Waals surface area contributed by atoms with Crippen molar-refractivity contribution in [3.8, 4) is 0 Å². The van der Waals surface area contributed by atoms with Crippen LogP contribution < -0.4 is 15.5 Å². The fraction of sp³-hybridized carbons (Fsp3) is 0.464. The lowest BCUT2D eigenvalue weighted by molar-refractivity contribution is -0.149. The quantitative estimate of drug-likeness (QED) is 0.401. The van der Waals surface area contributed by atoms with Crippen LogP contribution in [-0.2, 0) is 19.0 Å². The van der Waals surface area contributed by atoms with E-state index >= 15 is 0 Å². The Labute approximate surface area is 223 Å². The summed E-state index contributed by atoms with van der Waals surface area (Å²) in [5.74, 6) is -0.666. The highest BCUT2D eigenvalue weighted by molar-refractivity contribution is 5.83. The van der Waals surface area contributed by atoms with Crippen LogP contribution >= 0.6 is 0 Å². The van der Waals surface area contributed by atoms with Gasteiger partial charge in [0.15, 0.2) is 12.1 Å². The molecule has 10 nitrogen and oxygen atoms in total. The summed E-state index contributed by atoms with van der Waals surface area (Å²) in [5.41, 5.74) is 1.03. The number of alkyl carbamates (subject to hydrolysis) is 2. The molecule has 2 amide bonds. The molecular formula is C28H36N4O6. The summed E-state index contributed by atoms with van der Waals surface area (Å²) in [5, 5.41) is 5.44. The fourth-order valence-electron chi connectivity index (χ4n) is 4.51. The molecule has 0 unspecified atom stereocenters. The molecule has 0 bridgehead atoms. The minimum absolute atomic E-state index is 0.133. The smallest absolute Gasteiger partial charge is 0.408 e. The number of nitrogens with one attached hydrogen (secondary N) is 2. The molecule has 2 fully saturated rings. The second kappa shape index (κ2) is 12.2. The van der Waals surface area contributed by atoms with Gasteiger partial charge in [-0.05, 0) is 38.5 Å². The number of nitrogens with zero attached hydrogens (tertiary/aromatic N) is 2. The Kier molecular flexibility index (Phi) is 8.73. The topological polar surface area (TPSA) is 109 Å². The molecule has 2 aliphatic rings. The maximum absolute atomic E-state index is 13.1. The van der Waals surface area contributed by atoms with Gasteiger partial charge >= 0.3 is 18.2 Å². The van der Waals surface area contributed by atoms with Crippen molar-refractivity contribution < 1.29 is 28.6 Å². The van der Waals surface area contributed by atoms with Gasteiger partial charge in [0.25, 0.3) is 0 Å². The number of ether oxygens (including phenoxy) is 3. The first-order valence-electron chi connectivity index (χ1n) is 12.9. The lowest BCUT2D eigenvalue weighted by Gasteiger charge is -2.37. The van der Waals surface area contributed by atoms with Crippen LogP contribution in [0.4, 0.5) is 15.3 Å². The molecule has 2 aliphatic heterocycles. The van der Waals surface area contributed by atoms with Gasteiger partial charge in [0.1, 0.15) is 12.2 Å². The van der Waals surface area contributed by atoms with Crippen LogP contribution in [0.25, 0.3) is 0 Å².